The fourth-order valence-corrected chi connectivity index (χ4v) is 2.54. The van der Waals surface area contributed by atoms with Gasteiger partial charge in [-0.3, -0.25) is 4.79 Å². The van der Waals surface area contributed by atoms with Crippen LogP contribution in [0.3, 0.4) is 0 Å². The highest BCUT2D eigenvalue weighted by atomic mass is 16.3. The van der Waals surface area contributed by atoms with Crippen LogP contribution in [0.2, 0.25) is 0 Å². The summed E-state index contributed by atoms with van der Waals surface area (Å²) >= 11 is 0. The molecule has 3 rings (SSSR count). The molecule has 0 aliphatic heterocycles. The lowest BCUT2D eigenvalue weighted by atomic mass is 10.1. The van der Waals surface area contributed by atoms with E-state index < -0.39 is 5.91 Å². The van der Waals surface area contributed by atoms with Crippen molar-refractivity contribution in [3.8, 4) is 5.75 Å². The summed E-state index contributed by atoms with van der Waals surface area (Å²) in [4.78, 5) is 12.3. The van der Waals surface area contributed by atoms with E-state index in [-0.39, 0.29) is 11.3 Å². The van der Waals surface area contributed by atoms with E-state index in [1.807, 2.05) is 62.4 Å². The number of nitrogens with one attached hydrogen (secondary N) is 1. The number of hydrazone groups is 1. The highest BCUT2D eigenvalue weighted by Crippen LogP contribution is 2.24. The molecule has 120 valence electrons. The van der Waals surface area contributed by atoms with E-state index in [4.69, 9.17) is 0 Å². The number of hydrogen-bond acceptors (Lipinski definition) is 3. The first-order valence-electron chi connectivity index (χ1n) is 7.68. The molecule has 0 aliphatic rings. The van der Waals surface area contributed by atoms with Crippen LogP contribution in [0.5, 0.6) is 5.75 Å². The minimum absolute atomic E-state index is 0.0605. The van der Waals surface area contributed by atoms with Crippen LogP contribution in [0.4, 0.5) is 0 Å². The van der Waals surface area contributed by atoms with E-state index in [0.717, 1.165) is 21.9 Å². The van der Waals surface area contributed by atoms with Gasteiger partial charge in [0.2, 0.25) is 0 Å². The number of phenolic OH excluding ortho intramolecular Hbond substituents is 1. The van der Waals surface area contributed by atoms with Crippen LogP contribution in [0.25, 0.3) is 10.8 Å². The Morgan fingerprint density at radius 2 is 1.71 bits per heavy atom. The molecule has 0 unspecified atom stereocenters. The molecule has 3 aromatic carbocycles. The summed E-state index contributed by atoms with van der Waals surface area (Å²) in [5, 5.41) is 16.0. The van der Waals surface area contributed by atoms with Gasteiger partial charge in [0, 0.05) is 0 Å². The Morgan fingerprint density at radius 3 is 2.42 bits per heavy atom. The van der Waals surface area contributed by atoms with Crippen molar-refractivity contribution in [1.29, 1.82) is 0 Å². The van der Waals surface area contributed by atoms with E-state index in [9.17, 15) is 9.90 Å². The standard InChI is InChI=1S/C20H18N2O2/c1-13-6-5-9-15(10-13)14(2)21-22-20(24)18-11-16-7-3-4-8-17(16)12-19(18)23/h3-12,23H,1-2H3,(H,22,24)/b21-14+. The minimum atomic E-state index is -0.440. The van der Waals surface area contributed by atoms with Crippen LogP contribution in [0.1, 0.15) is 28.4 Å². The number of fused-ring (bicyclic) bond motifs is 1. The number of aryl methyl sites for hydroxylation is 1. The Hall–Kier alpha value is -3.14. The number of carbonyl (C=O) groups excluding carboxylic acids is 1. The normalized spacial score (nSPS) is 11.5. The van der Waals surface area contributed by atoms with Crippen LogP contribution in [-0.4, -0.2) is 16.7 Å². The topological polar surface area (TPSA) is 61.7 Å². The number of amides is 1. The molecular formula is C20H18N2O2. The molecule has 0 aliphatic carbocycles. The van der Waals surface area contributed by atoms with E-state index in [1.54, 1.807) is 12.1 Å². The predicted octanol–water partition coefficient (Wildman–Crippen LogP) is 4.01. The number of phenols is 1. The Labute approximate surface area is 140 Å². The van der Waals surface area contributed by atoms with Crippen molar-refractivity contribution in [1.82, 2.24) is 5.43 Å². The third-order valence-electron chi connectivity index (χ3n) is 3.87. The minimum Gasteiger partial charge on any atom is -0.507 e. The summed E-state index contributed by atoms with van der Waals surface area (Å²) < 4.78 is 0. The largest absolute Gasteiger partial charge is 0.507 e. The van der Waals surface area contributed by atoms with E-state index in [0.29, 0.717) is 5.71 Å². The van der Waals surface area contributed by atoms with Gasteiger partial charge in [0.15, 0.2) is 0 Å². The van der Waals surface area contributed by atoms with Gasteiger partial charge in [-0.2, -0.15) is 5.10 Å². The highest BCUT2D eigenvalue weighted by Gasteiger charge is 2.12. The lowest BCUT2D eigenvalue weighted by molar-refractivity contribution is 0.0952. The zero-order chi connectivity index (χ0) is 17.1. The maximum Gasteiger partial charge on any atom is 0.275 e. The maximum absolute atomic E-state index is 12.3. The van der Waals surface area contributed by atoms with Gasteiger partial charge in [0.1, 0.15) is 5.75 Å². The Kier molecular flexibility index (Phi) is 4.29. The molecule has 0 aromatic heterocycles. The Morgan fingerprint density at radius 1 is 1.00 bits per heavy atom. The van der Waals surface area contributed by atoms with Gasteiger partial charge >= 0.3 is 0 Å². The number of aromatic hydroxyl groups is 1. The van der Waals surface area contributed by atoms with Crippen molar-refractivity contribution in [2.45, 2.75) is 13.8 Å². The highest BCUT2D eigenvalue weighted by molar-refractivity contribution is 6.03. The van der Waals surface area contributed by atoms with Crippen molar-refractivity contribution in [3.05, 3.63) is 77.4 Å². The second-order valence-electron chi connectivity index (χ2n) is 5.72. The van der Waals surface area contributed by atoms with Crippen LogP contribution < -0.4 is 5.43 Å². The molecule has 3 aromatic rings. The van der Waals surface area contributed by atoms with Crippen LogP contribution in [0, 0.1) is 6.92 Å². The van der Waals surface area contributed by atoms with Gasteiger partial charge in [-0.25, -0.2) is 5.43 Å². The molecule has 0 spiro atoms. The molecule has 0 bridgehead atoms. The molecule has 0 atom stereocenters. The third kappa shape index (κ3) is 3.27. The summed E-state index contributed by atoms with van der Waals surface area (Å²) in [5.74, 6) is -0.500. The molecule has 4 heteroatoms. The summed E-state index contributed by atoms with van der Waals surface area (Å²) in [6, 6.07) is 18.7. The van der Waals surface area contributed by atoms with Crippen molar-refractivity contribution >= 4 is 22.4 Å². The fourth-order valence-electron chi connectivity index (χ4n) is 2.54. The number of benzene rings is 3. The lowest BCUT2D eigenvalue weighted by Gasteiger charge is -2.07. The predicted molar refractivity (Wildman–Crippen MR) is 96.5 cm³/mol. The number of hydrogen-bond donors (Lipinski definition) is 2. The van der Waals surface area contributed by atoms with E-state index in [1.165, 1.54) is 0 Å². The lowest BCUT2D eigenvalue weighted by Crippen LogP contribution is -2.19. The first-order valence-corrected chi connectivity index (χ1v) is 7.68. The van der Waals surface area contributed by atoms with Gasteiger partial charge in [-0.1, -0.05) is 54.1 Å². The van der Waals surface area contributed by atoms with Crippen molar-refractivity contribution in [3.63, 3.8) is 0 Å². The maximum atomic E-state index is 12.3. The summed E-state index contributed by atoms with van der Waals surface area (Å²) in [6.45, 7) is 3.83. The van der Waals surface area contributed by atoms with Crippen molar-refractivity contribution < 1.29 is 9.90 Å². The fraction of sp³-hybridized carbons (Fsp3) is 0.100. The quantitative estimate of drug-likeness (QED) is 0.566. The number of rotatable bonds is 3. The molecule has 0 heterocycles. The number of carbonyl (C=O) groups is 1. The molecule has 2 N–H and O–H groups in total. The average Bonchev–Trinajstić information content (AvgIpc) is 2.58. The second kappa shape index (κ2) is 6.54. The average molecular weight is 318 g/mol. The zero-order valence-electron chi connectivity index (χ0n) is 13.6. The van der Waals surface area contributed by atoms with Gasteiger partial charge in [0.05, 0.1) is 11.3 Å². The van der Waals surface area contributed by atoms with Crippen LogP contribution >= 0.6 is 0 Å². The molecule has 4 nitrogen and oxygen atoms in total. The van der Waals surface area contributed by atoms with Crippen LogP contribution in [-0.2, 0) is 0 Å². The summed E-state index contributed by atoms with van der Waals surface area (Å²) in [7, 11) is 0. The molecule has 1 amide bonds. The molecule has 24 heavy (non-hydrogen) atoms. The first kappa shape index (κ1) is 15.7. The zero-order valence-corrected chi connectivity index (χ0v) is 13.6. The molecular weight excluding hydrogens is 300 g/mol. The molecule has 0 saturated heterocycles. The molecule has 0 fully saturated rings. The smallest absolute Gasteiger partial charge is 0.275 e. The third-order valence-corrected chi connectivity index (χ3v) is 3.87. The Bertz CT molecular complexity index is 945. The molecule has 0 saturated carbocycles. The van der Waals surface area contributed by atoms with E-state index in [2.05, 4.69) is 10.5 Å². The van der Waals surface area contributed by atoms with Gasteiger partial charge < -0.3 is 5.11 Å². The van der Waals surface area contributed by atoms with Crippen molar-refractivity contribution in [2.24, 2.45) is 5.10 Å². The molecule has 0 radical (unpaired) electrons. The monoisotopic (exact) mass is 318 g/mol. The van der Waals surface area contributed by atoms with Gasteiger partial charge in [0.25, 0.3) is 5.91 Å². The number of nitrogens with zero attached hydrogens (tertiary/aromatic N) is 1. The first-order chi connectivity index (χ1) is 11.5. The van der Waals surface area contributed by atoms with Crippen molar-refractivity contribution in [2.75, 3.05) is 0 Å². The van der Waals surface area contributed by atoms with Crippen LogP contribution in [0.15, 0.2) is 65.8 Å². The van der Waals surface area contributed by atoms with Gasteiger partial charge in [-0.15, -0.1) is 0 Å². The van der Waals surface area contributed by atoms with E-state index >= 15 is 0 Å². The SMILES string of the molecule is C/C(=N\NC(=O)c1cc2ccccc2cc1O)c1cccc(C)c1. The van der Waals surface area contributed by atoms with Gasteiger partial charge in [-0.05, 0) is 42.3 Å². The summed E-state index contributed by atoms with van der Waals surface area (Å²) in [6.07, 6.45) is 0. The second-order valence-corrected chi connectivity index (χ2v) is 5.72. The Balaban J connectivity index is 1.84. The summed E-state index contributed by atoms with van der Waals surface area (Å²) in [5.41, 5.74) is 5.48.